The van der Waals surface area contributed by atoms with Crippen molar-refractivity contribution in [3.8, 4) is 6.07 Å². The summed E-state index contributed by atoms with van der Waals surface area (Å²) < 4.78 is 23.1. The number of benzene rings is 1. The van der Waals surface area contributed by atoms with Crippen LogP contribution in [0, 0.1) is 11.3 Å². The highest BCUT2D eigenvalue weighted by molar-refractivity contribution is 7.91. The summed E-state index contributed by atoms with van der Waals surface area (Å²) in [6, 6.07) is 8.63. The molecule has 0 saturated heterocycles. The van der Waals surface area contributed by atoms with E-state index in [0.29, 0.717) is 5.02 Å². The molecule has 0 radical (unpaired) electrons. The SMILES string of the molecule is CS(=O)(=O)[C@H]1[C@H](c2ccc(Cl)cc2)[C@@]1(N)C#N. The van der Waals surface area contributed by atoms with Crippen LogP contribution in [-0.4, -0.2) is 25.5 Å². The molecule has 0 aromatic heterocycles. The van der Waals surface area contributed by atoms with Crippen molar-refractivity contribution < 1.29 is 8.42 Å². The van der Waals surface area contributed by atoms with Crippen LogP contribution in [0.5, 0.6) is 0 Å². The van der Waals surface area contributed by atoms with Crippen LogP contribution in [-0.2, 0) is 9.84 Å². The Morgan fingerprint density at radius 1 is 1.41 bits per heavy atom. The lowest BCUT2D eigenvalue weighted by atomic mass is 10.1. The van der Waals surface area contributed by atoms with E-state index in [1.165, 1.54) is 0 Å². The number of hydrogen-bond acceptors (Lipinski definition) is 4. The van der Waals surface area contributed by atoms with Gasteiger partial charge in [-0.05, 0) is 17.7 Å². The quantitative estimate of drug-likeness (QED) is 0.871. The number of sulfone groups is 1. The van der Waals surface area contributed by atoms with Crippen LogP contribution >= 0.6 is 11.6 Å². The Kier molecular flexibility index (Phi) is 2.69. The van der Waals surface area contributed by atoms with E-state index in [9.17, 15) is 8.42 Å². The molecule has 0 aliphatic heterocycles. The van der Waals surface area contributed by atoms with Crippen LogP contribution in [0.2, 0.25) is 5.02 Å². The minimum atomic E-state index is -3.34. The normalized spacial score (nSPS) is 31.9. The van der Waals surface area contributed by atoms with E-state index in [0.717, 1.165) is 11.8 Å². The summed E-state index contributed by atoms with van der Waals surface area (Å²) in [6.45, 7) is 0. The first-order valence-corrected chi connectivity index (χ1v) is 7.28. The first-order valence-electron chi connectivity index (χ1n) is 4.95. The lowest BCUT2D eigenvalue weighted by Crippen LogP contribution is -2.28. The van der Waals surface area contributed by atoms with Crippen molar-refractivity contribution in [1.82, 2.24) is 0 Å². The van der Waals surface area contributed by atoms with Crippen molar-refractivity contribution >= 4 is 21.4 Å². The van der Waals surface area contributed by atoms with Gasteiger partial charge >= 0.3 is 0 Å². The Morgan fingerprint density at radius 2 is 1.94 bits per heavy atom. The number of rotatable bonds is 2. The molecule has 3 atom stereocenters. The lowest BCUT2D eigenvalue weighted by molar-refractivity contribution is 0.597. The molecule has 0 heterocycles. The van der Waals surface area contributed by atoms with Crippen LogP contribution in [0.3, 0.4) is 0 Å². The van der Waals surface area contributed by atoms with Crippen molar-refractivity contribution in [2.45, 2.75) is 16.7 Å². The van der Waals surface area contributed by atoms with E-state index in [1.54, 1.807) is 24.3 Å². The van der Waals surface area contributed by atoms with Gasteiger partial charge < -0.3 is 5.73 Å². The second-order valence-corrected chi connectivity index (χ2v) is 6.93. The second kappa shape index (κ2) is 3.70. The average Bonchev–Trinajstić information content (AvgIpc) is 2.87. The number of hydrogen-bond donors (Lipinski definition) is 1. The smallest absolute Gasteiger partial charge is 0.153 e. The fraction of sp³-hybridized carbons (Fsp3) is 0.364. The molecule has 1 aromatic carbocycles. The molecule has 2 rings (SSSR count). The van der Waals surface area contributed by atoms with Gasteiger partial charge in [-0.25, -0.2) is 8.42 Å². The first-order chi connectivity index (χ1) is 7.80. The third-order valence-corrected chi connectivity index (χ3v) is 4.90. The summed E-state index contributed by atoms with van der Waals surface area (Å²) in [7, 11) is -3.34. The molecule has 6 heteroatoms. The molecule has 2 N–H and O–H groups in total. The Bertz CT molecular complexity index is 591. The highest BCUT2D eigenvalue weighted by Gasteiger charge is 2.69. The van der Waals surface area contributed by atoms with Gasteiger partial charge in [0.05, 0.1) is 6.07 Å². The summed E-state index contributed by atoms with van der Waals surface area (Å²) in [5.74, 6) is -0.472. The van der Waals surface area contributed by atoms with Gasteiger partial charge in [0.1, 0.15) is 10.8 Å². The molecule has 0 bridgehead atoms. The maximum atomic E-state index is 11.6. The number of nitrogens with zero attached hydrogens (tertiary/aromatic N) is 1. The maximum Gasteiger partial charge on any atom is 0.153 e. The molecule has 1 aliphatic rings. The topological polar surface area (TPSA) is 83.9 Å². The van der Waals surface area contributed by atoms with Crippen molar-refractivity contribution in [2.75, 3.05) is 6.26 Å². The summed E-state index contributed by atoms with van der Waals surface area (Å²) in [5.41, 5.74) is 5.23. The fourth-order valence-corrected chi connectivity index (χ4v) is 4.06. The molecule has 1 aliphatic carbocycles. The van der Waals surface area contributed by atoms with Crippen LogP contribution in [0.15, 0.2) is 24.3 Å². The monoisotopic (exact) mass is 270 g/mol. The average molecular weight is 271 g/mol. The Morgan fingerprint density at radius 3 is 2.29 bits per heavy atom. The number of nitrogens with two attached hydrogens (primary N) is 1. The molecule has 1 saturated carbocycles. The maximum absolute atomic E-state index is 11.6. The molecule has 1 fully saturated rings. The Balaban J connectivity index is 2.42. The number of halogens is 1. The Labute approximate surface area is 105 Å². The highest BCUT2D eigenvalue weighted by atomic mass is 35.5. The van der Waals surface area contributed by atoms with Crippen LogP contribution in [0.1, 0.15) is 11.5 Å². The lowest BCUT2D eigenvalue weighted by Gasteiger charge is -2.00. The Hall–Kier alpha value is -1.09. The van der Waals surface area contributed by atoms with Gasteiger partial charge in [-0.3, -0.25) is 0 Å². The second-order valence-electron chi connectivity index (χ2n) is 4.32. The molecule has 4 nitrogen and oxygen atoms in total. The molecule has 1 aromatic rings. The van der Waals surface area contributed by atoms with Gasteiger partial charge in [0, 0.05) is 17.2 Å². The zero-order chi connectivity index (χ0) is 12.8. The van der Waals surface area contributed by atoms with Gasteiger partial charge in [-0.2, -0.15) is 5.26 Å². The summed E-state index contributed by atoms with van der Waals surface area (Å²) in [6.07, 6.45) is 1.10. The fourth-order valence-electron chi connectivity index (χ4n) is 2.23. The van der Waals surface area contributed by atoms with E-state index < -0.39 is 26.5 Å². The summed E-state index contributed by atoms with van der Waals surface area (Å²) in [5, 5.41) is 8.75. The van der Waals surface area contributed by atoms with Crippen molar-refractivity contribution in [3.05, 3.63) is 34.9 Å². The summed E-state index contributed by atoms with van der Waals surface area (Å²) in [4.78, 5) is 0. The van der Waals surface area contributed by atoms with E-state index in [-0.39, 0.29) is 0 Å². The van der Waals surface area contributed by atoms with Gasteiger partial charge in [-0.1, -0.05) is 23.7 Å². The van der Waals surface area contributed by atoms with Gasteiger partial charge in [-0.15, -0.1) is 0 Å². The van der Waals surface area contributed by atoms with Crippen molar-refractivity contribution in [1.29, 1.82) is 5.26 Å². The minimum absolute atomic E-state index is 0.472. The molecule has 0 spiro atoms. The standard InChI is InChI=1S/C11H11ClN2O2S/c1-17(15,16)10-9(11(10,14)6-13)7-2-4-8(12)5-3-7/h2-5,9-10H,14H2,1H3/t9-,10-,11-/m0/s1. The van der Waals surface area contributed by atoms with Gasteiger partial charge in [0.25, 0.3) is 0 Å². The third kappa shape index (κ3) is 1.93. The van der Waals surface area contributed by atoms with Gasteiger partial charge in [0.2, 0.25) is 0 Å². The first kappa shape index (κ1) is 12.4. The molecule has 17 heavy (non-hydrogen) atoms. The molecular formula is C11H11ClN2O2S. The largest absolute Gasteiger partial charge is 0.312 e. The highest BCUT2D eigenvalue weighted by Crippen LogP contribution is 2.53. The van der Waals surface area contributed by atoms with Crippen LogP contribution < -0.4 is 5.73 Å². The molecule has 0 unspecified atom stereocenters. The number of nitriles is 1. The zero-order valence-corrected chi connectivity index (χ0v) is 10.7. The van der Waals surface area contributed by atoms with E-state index in [1.807, 2.05) is 6.07 Å². The van der Waals surface area contributed by atoms with E-state index in [2.05, 4.69) is 0 Å². The predicted molar refractivity (Wildman–Crippen MR) is 65.4 cm³/mol. The molecular weight excluding hydrogens is 260 g/mol. The summed E-state index contributed by atoms with van der Waals surface area (Å²) >= 11 is 5.75. The van der Waals surface area contributed by atoms with Crippen molar-refractivity contribution in [2.24, 2.45) is 5.73 Å². The van der Waals surface area contributed by atoms with E-state index >= 15 is 0 Å². The minimum Gasteiger partial charge on any atom is -0.312 e. The van der Waals surface area contributed by atoms with Crippen LogP contribution in [0.25, 0.3) is 0 Å². The molecule has 0 amide bonds. The third-order valence-electron chi connectivity index (χ3n) is 3.06. The predicted octanol–water partition coefficient (Wildman–Crippen LogP) is 1.07. The van der Waals surface area contributed by atoms with E-state index in [4.69, 9.17) is 22.6 Å². The van der Waals surface area contributed by atoms with Crippen LogP contribution in [0.4, 0.5) is 0 Å². The molecule has 90 valence electrons. The van der Waals surface area contributed by atoms with Gasteiger partial charge in [0.15, 0.2) is 9.84 Å². The van der Waals surface area contributed by atoms with Crippen molar-refractivity contribution in [3.63, 3.8) is 0 Å². The zero-order valence-electron chi connectivity index (χ0n) is 9.09.